The van der Waals surface area contributed by atoms with Gasteiger partial charge >= 0.3 is 0 Å². The molecule has 0 atom stereocenters. The van der Waals surface area contributed by atoms with Gasteiger partial charge < -0.3 is 14.3 Å². The molecule has 4 rings (SSSR count). The number of thioether (sulfide) groups is 1. The number of hydrogen-bond acceptors (Lipinski definition) is 5. The van der Waals surface area contributed by atoms with Crippen molar-refractivity contribution >= 4 is 28.4 Å². The zero-order valence-electron chi connectivity index (χ0n) is 15.0. The number of rotatable bonds is 6. The van der Waals surface area contributed by atoms with E-state index in [0.717, 1.165) is 28.0 Å². The monoisotopic (exact) mass is 378 g/mol. The first kappa shape index (κ1) is 17.4. The number of ketones is 1. The average molecular weight is 378 g/mol. The lowest BCUT2D eigenvalue weighted by Crippen LogP contribution is -2.03. The summed E-state index contributed by atoms with van der Waals surface area (Å²) in [6.07, 6.45) is 1.77. The van der Waals surface area contributed by atoms with Crippen molar-refractivity contribution in [2.45, 2.75) is 5.16 Å². The third-order valence-corrected chi connectivity index (χ3v) is 5.43. The van der Waals surface area contributed by atoms with E-state index in [1.54, 1.807) is 13.3 Å². The maximum Gasteiger partial charge on any atom is 0.191 e. The second kappa shape index (κ2) is 7.28. The third kappa shape index (κ3) is 3.33. The van der Waals surface area contributed by atoms with Gasteiger partial charge in [0, 0.05) is 35.3 Å². The Morgan fingerprint density at radius 1 is 1.15 bits per heavy atom. The molecule has 0 radical (unpaired) electrons. The summed E-state index contributed by atoms with van der Waals surface area (Å²) in [5.74, 6) is 1.90. The summed E-state index contributed by atoms with van der Waals surface area (Å²) in [7, 11) is 3.54. The third-order valence-electron chi connectivity index (χ3n) is 4.41. The molecule has 6 nitrogen and oxygen atoms in total. The summed E-state index contributed by atoms with van der Waals surface area (Å²) in [4.78, 5) is 15.8. The molecule has 0 fully saturated rings. The van der Waals surface area contributed by atoms with Crippen LogP contribution in [0.4, 0.5) is 0 Å². The Labute approximate surface area is 160 Å². The van der Waals surface area contributed by atoms with E-state index < -0.39 is 0 Å². The Kier molecular flexibility index (Phi) is 4.68. The zero-order valence-corrected chi connectivity index (χ0v) is 15.8. The molecule has 2 aromatic heterocycles. The maximum atomic E-state index is 12.6. The van der Waals surface area contributed by atoms with Gasteiger partial charge in [0.25, 0.3) is 0 Å². The fourth-order valence-electron chi connectivity index (χ4n) is 2.94. The molecule has 0 saturated heterocycles. The Hall–Kier alpha value is -3.06. The van der Waals surface area contributed by atoms with Gasteiger partial charge in [-0.1, -0.05) is 30.0 Å². The van der Waals surface area contributed by atoms with E-state index in [1.807, 2.05) is 60.1 Å². The molecule has 2 heterocycles. The van der Waals surface area contributed by atoms with E-state index in [-0.39, 0.29) is 5.78 Å². The molecule has 2 aromatic carbocycles. The quantitative estimate of drug-likeness (QED) is 0.406. The van der Waals surface area contributed by atoms with Gasteiger partial charge in [-0.3, -0.25) is 4.79 Å². The Balaban J connectivity index is 1.50. The summed E-state index contributed by atoms with van der Waals surface area (Å²) in [6, 6.07) is 15.4. The predicted octanol–water partition coefficient (Wildman–Crippen LogP) is 3.95. The number of Topliss-reactive ketones (excluding diaryl/α,β-unsaturated/α-hetero) is 1. The lowest BCUT2D eigenvalue weighted by Gasteiger charge is -2.05. The molecule has 1 N–H and O–H groups in total. The highest BCUT2D eigenvalue weighted by atomic mass is 32.2. The van der Waals surface area contributed by atoms with Crippen LogP contribution in [0, 0.1) is 0 Å². The molecule has 0 spiro atoms. The molecule has 27 heavy (non-hydrogen) atoms. The van der Waals surface area contributed by atoms with Crippen LogP contribution in [0.1, 0.15) is 10.4 Å². The van der Waals surface area contributed by atoms with Crippen molar-refractivity contribution in [3.8, 4) is 17.1 Å². The minimum atomic E-state index is 0.0615. The fraction of sp³-hybridized carbons (Fsp3) is 0.150. The number of hydrogen-bond donors (Lipinski definition) is 1. The van der Waals surface area contributed by atoms with E-state index in [9.17, 15) is 4.79 Å². The summed E-state index contributed by atoms with van der Waals surface area (Å²) in [5, 5.41) is 10.1. The number of carbonyl (C=O) groups excluding carboxylic acids is 1. The molecule has 0 aliphatic carbocycles. The zero-order chi connectivity index (χ0) is 18.8. The molecule has 0 aliphatic heterocycles. The van der Waals surface area contributed by atoms with Gasteiger partial charge in [0.1, 0.15) is 5.75 Å². The topological polar surface area (TPSA) is 72.8 Å². The van der Waals surface area contributed by atoms with Crippen molar-refractivity contribution in [1.29, 1.82) is 0 Å². The van der Waals surface area contributed by atoms with Gasteiger partial charge in [-0.2, -0.15) is 0 Å². The van der Waals surface area contributed by atoms with Gasteiger partial charge in [-0.05, 0) is 30.3 Å². The normalized spacial score (nSPS) is 11.0. The largest absolute Gasteiger partial charge is 0.497 e. The predicted molar refractivity (Wildman–Crippen MR) is 106 cm³/mol. The fourth-order valence-corrected chi connectivity index (χ4v) is 3.74. The molecule has 0 saturated carbocycles. The highest BCUT2D eigenvalue weighted by molar-refractivity contribution is 7.99. The number of fused-ring (bicyclic) bond motifs is 1. The second-order valence-corrected chi connectivity index (χ2v) is 7.00. The Bertz CT molecular complexity index is 1100. The first-order valence-electron chi connectivity index (χ1n) is 8.43. The average Bonchev–Trinajstić information content (AvgIpc) is 3.30. The SMILES string of the molecule is COc1ccc(-c2nnc(SCC(=O)c3c[nH]c4ccccc34)n2C)cc1. The van der Waals surface area contributed by atoms with E-state index in [1.165, 1.54) is 11.8 Å². The molecule has 7 heteroatoms. The summed E-state index contributed by atoms with van der Waals surface area (Å²) in [5.41, 5.74) is 2.61. The molecule has 0 bridgehead atoms. The van der Waals surface area contributed by atoms with Crippen molar-refractivity contribution in [3.05, 3.63) is 60.3 Å². The van der Waals surface area contributed by atoms with Gasteiger partial charge in [-0.15, -0.1) is 10.2 Å². The van der Waals surface area contributed by atoms with Crippen molar-refractivity contribution in [2.24, 2.45) is 7.05 Å². The minimum absolute atomic E-state index is 0.0615. The number of aromatic amines is 1. The summed E-state index contributed by atoms with van der Waals surface area (Å²) in [6.45, 7) is 0. The van der Waals surface area contributed by atoms with Crippen LogP contribution in [0.3, 0.4) is 0 Å². The molecular weight excluding hydrogens is 360 g/mol. The van der Waals surface area contributed by atoms with Crippen LogP contribution in [0.15, 0.2) is 59.9 Å². The highest BCUT2D eigenvalue weighted by Crippen LogP contribution is 2.26. The van der Waals surface area contributed by atoms with Crippen LogP contribution in [-0.4, -0.2) is 38.4 Å². The second-order valence-electron chi connectivity index (χ2n) is 6.05. The summed E-state index contributed by atoms with van der Waals surface area (Å²) >= 11 is 1.39. The highest BCUT2D eigenvalue weighted by Gasteiger charge is 2.16. The Morgan fingerprint density at radius 3 is 2.70 bits per heavy atom. The number of para-hydroxylation sites is 1. The van der Waals surface area contributed by atoms with Crippen molar-refractivity contribution in [1.82, 2.24) is 19.7 Å². The number of H-pyrrole nitrogens is 1. The number of methoxy groups -OCH3 is 1. The van der Waals surface area contributed by atoms with Crippen molar-refractivity contribution < 1.29 is 9.53 Å². The van der Waals surface area contributed by atoms with Gasteiger partial charge in [0.2, 0.25) is 0 Å². The molecular formula is C20H18N4O2S. The maximum absolute atomic E-state index is 12.6. The smallest absolute Gasteiger partial charge is 0.191 e. The molecule has 0 aliphatic rings. The van der Waals surface area contributed by atoms with Crippen molar-refractivity contribution in [2.75, 3.05) is 12.9 Å². The number of ether oxygens (including phenoxy) is 1. The van der Waals surface area contributed by atoms with Crippen molar-refractivity contribution in [3.63, 3.8) is 0 Å². The van der Waals surface area contributed by atoms with Gasteiger partial charge in [0.05, 0.1) is 12.9 Å². The number of benzene rings is 2. The molecule has 4 aromatic rings. The van der Waals surface area contributed by atoms with Gasteiger partial charge in [0.15, 0.2) is 16.8 Å². The van der Waals surface area contributed by atoms with E-state index in [0.29, 0.717) is 16.5 Å². The minimum Gasteiger partial charge on any atom is -0.497 e. The van der Waals surface area contributed by atoms with Crippen LogP contribution in [0.25, 0.3) is 22.3 Å². The lowest BCUT2D eigenvalue weighted by atomic mass is 10.1. The first-order chi connectivity index (χ1) is 13.2. The number of aromatic nitrogens is 4. The van der Waals surface area contributed by atoms with Crippen LogP contribution in [-0.2, 0) is 7.05 Å². The van der Waals surface area contributed by atoms with Crippen LogP contribution >= 0.6 is 11.8 Å². The molecule has 0 amide bonds. The summed E-state index contributed by atoms with van der Waals surface area (Å²) < 4.78 is 7.08. The van der Waals surface area contributed by atoms with E-state index >= 15 is 0 Å². The van der Waals surface area contributed by atoms with E-state index in [2.05, 4.69) is 15.2 Å². The Morgan fingerprint density at radius 2 is 1.93 bits per heavy atom. The number of nitrogens with one attached hydrogen (secondary N) is 1. The van der Waals surface area contributed by atoms with Gasteiger partial charge in [-0.25, -0.2) is 0 Å². The number of carbonyl (C=O) groups is 1. The first-order valence-corrected chi connectivity index (χ1v) is 9.42. The van der Waals surface area contributed by atoms with Crippen LogP contribution in [0.2, 0.25) is 0 Å². The molecule has 136 valence electrons. The number of nitrogens with zero attached hydrogens (tertiary/aromatic N) is 3. The lowest BCUT2D eigenvalue weighted by molar-refractivity contribution is 0.102. The molecule has 0 unspecified atom stereocenters. The van der Waals surface area contributed by atoms with Crippen LogP contribution in [0.5, 0.6) is 5.75 Å². The standard InChI is InChI=1S/C20H18N4O2S/c1-24-19(13-7-9-14(26-2)10-8-13)22-23-20(24)27-12-18(25)16-11-21-17-6-4-3-5-15(16)17/h3-11,21H,12H2,1-2H3. The van der Waals surface area contributed by atoms with Crippen LogP contribution < -0.4 is 4.74 Å². The van der Waals surface area contributed by atoms with E-state index in [4.69, 9.17) is 4.74 Å².